The molecule has 1 aromatic carbocycles. The van der Waals surface area contributed by atoms with Crippen LogP contribution in [0.25, 0.3) is 0 Å². The topological polar surface area (TPSA) is 21.3 Å². The molecule has 0 amide bonds. The van der Waals surface area contributed by atoms with Gasteiger partial charge in [0.25, 0.3) is 0 Å². The van der Waals surface area contributed by atoms with Gasteiger partial charge in [-0.1, -0.05) is 36.2 Å². The maximum Gasteiger partial charge on any atom is 0.0720 e. The predicted octanol–water partition coefficient (Wildman–Crippen LogP) is 4.13. The molecular formula is C18H29NO. The lowest BCUT2D eigenvalue weighted by molar-refractivity contribution is 0.0113. The van der Waals surface area contributed by atoms with Crippen LogP contribution >= 0.6 is 0 Å². The van der Waals surface area contributed by atoms with Crippen molar-refractivity contribution in [2.24, 2.45) is 0 Å². The van der Waals surface area contributed by atoms with Gasteiger partial charge in [0.1, 0.15) is 0 Å². The summed E-state index contributed by atoms with van der Waals surface area (Å²) in [6, 6.07) is 7.41. The third-order valence-electron chi connectivity index (χ3n) is 4.12. The van der Waals surface area contributed by atoms with E-state index in [9.17, 15) is 0 Å². The molecule has 0 radical (unpaired) electrons. The Balaban J connectivity index is 1.73. The van der Waals surface area contributed by atoms with E-state index in [1.54, 1.807) is 0 Å². The Labute approximate surface area is 123 Å². The van der Waals surface area contributed by atoms with Crippen LogP contribution < -0.4 is 5.32 Å². The first-order valence-corrected chi connectivity index (χ1v) is 8.09. The van der Waals surface area contributed by atoms with E-state index in [4.69, 9.17) is 4.74 Å². The molecule has 0 spiro atoms. The zero-order chi connectivity index (χ0) is 14.4. The fourth-order valence-corrected chi connectivity index (χ4v) is 3.15. The lowest BCUT2D eigenvalue weighted by Crippen LogP contribution is -2.35. The Kier molecular flexibility index (Phi) is 6.06. The highest BCUT2D eigenvalue weighted by atomic mass is 16.5. The van der Waals surface area contributed by atoms with Crippen molar-refractivity contribution >= 4 is 0 Å². The molecule has 0 heterocycles. The summed E-state index contributed by atoms with van der Waals surface area (Å²) in [6.45, 7) is 8.45. The first-order chi connectivity index (χ1) is 9.67. The summed E-state index contributed by atoms with van der Waals surface area (Å²) in [6.07, 6.45) is 6.60. The van der Waals surface area contributed by atoms with E-state index in [-0.39, 0.29) is 0 Å². The lowest BCUT2D eigenvalue weighted by atomic mass is 9.93. The molecule has 20 heavy (non-hydrogen) atoms. The van der Waals surface area contributed by atoms with Crippen LogP contribution in [0, 0.1) is 13.8 Å². The smallest absolute Gasteiger partial charge is 0.0720 e. The Bertz CT molecular complexity index is 388. The Morgan fingerprint density at radius 1 is 1.05 bits per heavy atom. The van der Waals surface area contributed by atoms with E-state index in [2.05, 4.69) is 44.3 Å². The van der Waals surface area contributed by atoms with Crippen LogP contribution in [0.5, 0.6) is 0 Å². The molecule has 112 valence electrons. The summed E-state index contributed by atoms with van der Waals surface area (Å²) >= 11 is 0. The molecule has 0 aliphatic heterocycles. The summed E-state index contributed by atoms with van der Waals surface area (Å²) in [5.74, 6) is 0. The van der Waals surface area contributed by atoms with Gasteiger partial charge >= 0.3 is 0 Å². The van der Waals surface area contributed by atoms with Crippen molar-refractivity contribution in [2.45, 2.75) is 71.6 Å². The molecule has 0 unspecified atom stereocenters. The summed E-state index contributed by atoms with van der Waals surface area (Å²) in [5, 5.41) is 3.62. The van der Waals surface area contributed by atoms with Gasteiger partial charge in [0.15, 0.2) is 0 Å². The number of rotatable bonds is 6. The normalized spacial score (nSPS) is 22.9. The molecule has 1 N–H and O–H groups in total. The molecule has 0 saturated heterocycles. The van der Waals surface area contributed by atoms with Gasteiger partial charge in [-0.25, -0.2) is 0 Å². The van der Waals surface area contributed by atoms with Gasteiger partial charge in [-0.2, -0.15) is 0 Å². The van der Waals surface area contributed by atoms with Crippen molar-refractivity contribution in [1.29, 1.82) is 0 Å². The Hall–Kier alpha value is -0.860. The molecule has 1 aromatic rings. The van der Waals surface area contributed by atoms with Crippen molar-refractivity contribution < 1.29 is 4.74 Å². The van der Waals surface area contributed by atoms with Gasteiger partial charge < -0.3 is 10.1 Å². The van der Waals surface area contributed by atoms with Crippen molar-refractivity contribution in [2.75, 3.05) is 6.54 Å². The van der Waals surface area contributed by atoms with Crippen molar-refractivity contribution in [1.82, 2.24) is 5.32 Å². The average molecular weight is 275 g/mol. The minimum absolute atomic E-state index is 0.454. The molecule has 1 fully saturated rings. The second-order valence-electron chi connectivity index (χ2n) is 6.23. The second-order valence-corrected chi connectivity index (χ2v) is 6.23. The molecule has 0 aromatic heterocycles. The summed E-state index contributed by atoms with van der Waals surface area (Å²) in [7, 11) is 0. The highest BCUT2D eigenvalue weighted by molar-refractivity contribution is 5.28. The van der Waals surface area contributed by atoms with E-state index in [1.165, 1.54) is 48.8 Å². The Morgan fingerprint density at radius 2 is 1.70 bits per heavy atom. The predicted molar refractivity (Wildman–Crippen MR) is 85.0 cm³/mol. The van der Waals surface area contributed by atoms with Crippen LogP contribution in [0.1, 0.15) is 55.7 Å². The van der Waals surface area contributed by atoms with Crippen LogP contribution in [-0.2, 0) is 11.3 Å². The third kappa shape index (κ3) is 4.92. The van der Waals surface area contributed by atoms with Crippen LogP contribution in [-0.4, -0.2) is 18.7 Å². The fourth-order valence-electron chi connectivity index (χ4n) is 3.15. The molecule has 2 nitrogen and oxygen atoms in total. The highest BCUT2D eigenvalue weighted by Gasteiger charge is 2.20. The van der Waals surface area contributed by atoms with E-state index in [1.807, 2.05) is 0 Å². The van der Waals surface area contributed by atoms with Gasteiger partial charge in [0, 0.05) is 6.04 Å². The number of benzene rings is 1. The fraction of sp³-hybridized carbons (Fsp3) is 0.667. The number of aryl methyl sites for hydroxylation is 2. The number of nitrogens with one attached hydrogen (secondary N) is 1. The first-order valence-electron chi connectivity index (χ1n) is 8.09. The standard InChI is InChI=1S/C18H29NO/c1-4-9-19-17-5-7-18(8-6-17)20-13-16-11-14(2)10-15(3)12-16/h10-12,17-19H,4-9,13H2,1-3H3. The van der Waals surface area contributed by atoms with Crippen molar-refractivity contribution in [3.8, 4) is 0 Å². The molecule has 2 rings (SSSR count). The van der Waals surface area contributed by atoms with Crippen LogP contribution in [0.2, 0.25) is 0 Å². The monoisotopic (exact) mass is 275 g/mol. The molecular weight excluding hydrogens is 246 g/mol. The van der Waals surface area contributed by atoms with Crippen molar-refractivity contribution in [3.05, 3.63) is 34.9 Å². The number of hydrogen-bond donors (Lipinski definition) is 1. The van der Waals surface area contributed by atoms with Gasteiger partial charge in [-0.3, -0.25) is 0 Å². The van der Waals surface area contributed by atoms with Gasteiger partial charge in [-0.05, 0) is 58.1 Å². The highest BCUT2D eigenvalue weighted by Crippen LogP contribution is 2.22. The third-order valence-corrected chi connectivity index (χ3v) is 4.12. The Morgan fingerprint density at radius 3 is 2.30 bits per heavy atom. The largest absolute Gasteiger partial charge is 0.374 e. The van der Waals surface area contributed by atoms with Gasteiger partial charge in [0.05, 0.1) is 12.7 Å². The molecule has 2 heteroatoms. The quantitative estimate of drug-likeness (QED) is 0.843. The second kappa shape index (κ2) is 7.80. The molecule has 1 aliphatic rings. The zero-order valence-corrected chi connectivity index (χ0v) is 13.2. The number of hydrogen-bond acceptors (Lipinski definition) is 2. The minimum Gasteiger partial charge on any atom is -0.374 e. The molecule has 1 saturated carbocycles. The SMILES string of the molecule is CCCNC1CCC(OCc2cc(C)cc(C)c2)CC1. The van der Waals surface area contributed by atoms with E-state index in [0.29, 0.717) is 6.10 Å². The summed E-state index contributed by atoms with van der Waals surface area (Å²) in [5.41, 5.74) is 3.97. The van der Waals surface area contributed by atoms with Gasteiger partial charge in [-0.15, -0.1) is 0 Å². The van der Waals surface area contributed by atoms with Crippen LogP contribution in [0.3, 0.4) is 0 Å². The molecule has 1 aliphatic carbocycles. The zero-order valence-electron chi connectivity index (χ0n) is 13.2. The summed E-state index contributed by atoms with van der Waals surface area (Å²) in [4.78, 5) is 0. The molecule has 0 atom stereocenters. The van der Waals surface area contributed by atoms with Crippen molar-refractivity contribution in [3.63, 3.8) is 0 Å². The van der Waals surface area contributed by atoms with E-state index < -0.39 is 0 Å². The summed E-state index contributed by atoms with van der Waals surface area (Å²) < 4.78 is 6.10. The van der Waals surface area contributed by atoms with Gasteiger partial charge in [0.2, 0.25) is 0 Å². The van der Waals surface area contributed by atoms with E-state index in [0.717, 1.165) is 19.2 Å². The van der Waals surface area contributed by atoms with Crippen LogP contribution in [0.15, 0.2) is 18.2 Å². The molecule has 0 bridgehead atoms. The maximum absolute atomic E-state index is 6.10. The maximum atomic E-state index is 6.10. The minimum atomic E-state index is 0.454. The number of ether oxygens (including phenoxy) is 1. The first kappa shape index (κ1) is 15.5. The van der Waals surface area contributed by atoms with E-state index >= 15 is 0 Å². The lowest BCUT2D eigenvalue weighted by Gasteiger charge is -2.29. The van der Waals surface area contributed by atoms with Crippen LogP contribution in [0.4, 0.5) is 0 Å². The average Bonchev–Trinajstić information content (AvgIpc) is 2.43.